The highest BCUT2D eigenvalue weighted by Gasteiger charge is 2.22. The molecule has 1 aromatic rings. The smallest absolute Gasteiger partial charge is 0.207 e. The predicted octanol–water partition coefficient (Wildman–Crippen LogP) is 3.96. The van der Waals surface area contributed by atoms with E-state index in [1.165, 1.54) is 22.7 Å². The van der Waals surface area contributed by atoms with Crippen LogP contribution in [0.3, 0.4) is 0 Å². The molecule has 0 unspecified atom stereocenters. The number of nitrogens with zero attached hydrogens (tertiary/aromatic N) is 1. The maximum Gasteiger partial charge on any atom is 0.243 e. The lowest BCUT2D eigenvalue weighted by Crippen LogP contribution is -2.28. The van der Waals surface area contributed by atoms with Crippen LogP contribution in [-0.2, 0) is 10.0 Å². The van der Waals surface area contributed by atoms with Crippen molar-refractivity contribution < 1.29 is 8.42 Å². The Kier molecular flexibility index (Phi) is 5.41. The van der Waals surface area contributed by atoms with Gasteiger partial charge >= 0.3 is 0 Å². The highest BCUT2D eigenvalue weighted by Crippen LogP contribution is 2.25. The molecule has 110 valence electrons. The molecule has 20 heavy (non-hydrogen) atoms. The molecule has 2 rings (SSSR count). The van der Waals surface area contributed by atoms with Crippen molar-refractivity contribution in [1.82, 2.24) is 4.31 Å². The zero-order valence-electron chi connectivity index (χ0n) is 11.7. The van der Waals surface area contributed by atoms with Crippen LogP contribution < -0.4 is 0 Å². The summed E-state index contributed by atoms with van der Waals surface area (Å²) in [6, 6.07) is 6.95. The molecule has 0 fully saturated rings. The third kappa shape index (κ3) is 3.71. The SMILES string of the molecule is CN(CCC1=CCCCC1)S(=O)(=O)c1ccccc1Br. The van der Waals surface area contributed by atoms with Gasteiger partial charge in [0.15, 0.2) is 0 Å². The topological polar surface area (TPSA) is 37.4 Å². The minimum atomic E-state index is -3.41. The summed E-state index contributed by atoms with van der Waals surface area (Å²) in [6.45, 7) is 0.537. The fourth-order valence-electron chi connectivity index (χ4n) is 2.37. The molecule has 0 aliphatic heterocycles. The second-order valence-corrected chi connectivity index (χ2v) is 7.98. The van der Waals surface area contributed by atoms with E-state index in [0.717, 1.165) is 19.3 Å². The minimum Gasteiger partial charge on any atom is -0.207 e. The number of hydrogen-bond acceptors (Lipinski definition) is 2. The first kappa shape index (κ1) is 15.7. The predicted molar refractivity (Wildman–Crippen MR) is 85.1 cm³/mol. The van der Waals surface area contributed by atoms with Gasteiger partial charge in [0.1, 0.15) is 0 Å². The second-order valence-electron chi connectivity index (χ2n) is 5.12. The average Bonchev–Trinajstić information content (AvgIpc) is 2.46. The second kappa shape index (κ2) is 6.87. The van der Waals surface area contributed by atoms with Crippen molar-refractivity contribution in [2.45, 2.75) is 37.0 Å². The Morgan fingerprint density at radius 2 is 2.00 bits per heavy atom. The third-order valence-corrected chi connectivity index (χ3v) is 6.53. The first-order chi connectivity index (χ1) is 9.51. The standard InChI is InChI=1S/C15H20BrNO2S/c1-17(12-11-13-7-3-2-4-8-13)20(18,19)15-10-6-5-9-14(15)16/h5-7,9-10H,2-4,8,11-12H2,1H3. The molecule has 3 nitrogen and oxygen atoms in total. The minimum absolute atomic E-state index is 0.333. The van der Waals surface area contributed by atoms with Gasteiger partial charge in [-0.15, -0.1) is 0 Å². The average molecular weight is 358 g/mol. The molecule has 0 aromatic heterocycles. The quantitative estimate of drug-likeness (QED) is 0.747. The van der Waals surface area contributed by atoms with E-state index in [4.69, 9.17) is 0 Å². The number of allylic oxidation sites excluding steroid dienone is 1. The van der Waals surface area contributed by atoms with Crippen molar-refractivity contribution in [3.8, 4) is 0 Å². The van der Waals surface area contributed by atoms with Gasteiger partial charge in [-0.05, 0) is 60.2 Å². The molecular weight excluding hydrogens is 338 g/mol. The van der Waals surface area contributed by atoms with Crippen molar-refractivity contribution in [2.75, 3.05) is 13.6 Å². The van der Waals surface area contributed by atoms with Gasteiger partial charge in [-0.2, -0.15) is 0 Å². The van der Waals surface area contributed by atoms with Crippen LogP contribution in [0.5, 0.6) is 0 Å². The maximum atomic E-state index is 12.5. The van der Waals surface area contributed by atoms with Gasteiger partial charge in [-0.3, -0.25) is 0 Å². The van der Waals surface area contributed by atoms with E-state index in [9.17, 15) is 8.42 Å². The molecule has 0 saturated carbocycles. The summed E-state index contributed by atoms with van der Waals surface area (Å²) in [5, 5.41) is 0. The lowest BCUT2D eigenvalue weighted by molar-refractivity contribution is 0.467. The van der Waals surface area contributed by atoms with Gasteiger partial charge in [0, 0.05) is 18.1 Å². The van der Waals surface area contributed by atoms with E-state index in [1.807, 2.05) is 6.07 Å². The zero-order valence-corrected chi connectivity index (χ0v) is 14.1. The molecule has 0 bridgehead atoms. The van der Waals surface area contributed by atoms with Crippen molar-refractivity contribution in [3.05, 3.63) is 40.4 Å². The Balaban J connectivity index is 2.06. The van der Waals surface area contributed by atoms with E-state index in [0.29, 0.717) is 15.9 Å². The first-order valence-corrected chi connectivity index (χ1v) is 9.14. The van der Waals surface area contributed by atoms with Gasteiger partial charge in [0.05, 0.1) is 4.90 Å². The Bertz CT molecular complexity index is 596. The largest absolute Gasteiger partial charge is 0.243 e. The number of benzene rings is 1. The van der Waals surface area contributed by atoms with Gasteiger partial charge < -0.3 is 0 Å². The van der Waals surface area contributed by atoms with Crippen LogP contribution in [0.2, 0.25) is 0 Å². The molecule has 5 heteroatoms. The summed E-state index contributed by atoms with van der Waals surface area (Å²) in [6.07, 6.45) is 7.84. The van der Waals surface area contributed by atoms with Crippen molar-refractivity contribution in [3.63, 3.8) is 0 Å². The highest BCUT2D eigenvalue weighted by molar-refractivity contribution is 9.10. The number of hydrogen-bond donors (Lipinski definition) is 0. The molecule has 0 spiro atoms. The van der Waals surface area contributed by atoms with E-state index in [-0.39, 0.29) is 0 Å². The van der Waals surface area contributed by atoms with Crippen LogP contribution >= 0.6 is 15.9 Å². The van der Waals surface area contributed by atoms with E-state index >= 15 is 0 Å². The van der Waals surface area contributed by atoms with Crippen LogP contribution in [0.15, 0.2) is 45.3 Å². The Hall–Kier alpha value is -0.650. The van der Waals surface area contributed by atoms with Gasteiger partial charge in [-0.1, -0.05) is 23.8 Å². The molecular formula is C15H20BrNO2S. The molecule has 0 heterocycles. The van der Waals surface area contributed by atoms with Crippen LogP contribution in [0.4, 0.5) is 0 Å². The number of rotatable bonds is 5. The third-order valence-electron chi connectivity index (χ3n) is 3.66. The summed E-state index contributed by atoms with van der Waals surface area (Å²) in [5.41, 5.74) is 1.39. The maximum absolute atomic E-state index is 12.5. The molecule has 0 amide bonds. The molecule has 1 aliphatic carbocycles. The van der Waals surface area contributed by atoms with E-state index < -0.39 is 10.0 Å². The van der Waals surface area contributed by atoms with E-state index in [1.54, 1.807) is 25.2 Å². The van der Waals surface area contributed by atoms with Gasteiger partial charge in [0.2, 0.25) is 10.0 Å². The summed E-state index contributed by atoms with van der Waals surface area (Å²) < 4.78 is 27.1. The van der Waals surface area contributed by atoms with Gasteiger partial charge in [0.25, 0.3) is 0 Å². The molecule has 0 saturated heterocycles. The Morgan fingerprint density at radius 1 is 1.25 bits per heavy atom. The van der Waals surface area contributed by atoms with Crippen molar-refractivity contribution >= 4 is 26.0 Å². The summed E-state index contributed by atoms with van der Waals surface area (Å²) >= 11 is 3.31. The molecule has 1 aliphatic rings. The first-order valence-electron chi connectivity index (χ1n) is 6.90. The zero-order chi connectivity index (χ0) is 14.6. The molecule has 0 N–H and O–H groups in total. The Morgan fingerprint density at radius 3 is 2.65 bits per heavy atom. The fraction of sp³-hybridized carbons (Fsp3) is 0.467. The van der Waals surface area contributed by atoms with Crippen LogP contribution in [0, 0.1) is 0 Å². The van der Waals surface area contributed by atoms with Crippen molar-refractivity contribution in [2.24, 2.45) is 0 Å². The molecule has 0 atom stereocenters. The normalized spacial score (nSPS) is 16.2. The van der Waals surface area contributed by atoms with E-state index in [2.05, 4.69) is 22.0 Å². The summed E-state index contributed by atoms with van der Waals surface area (Å²) in [5.74, 6) is 0. The number of halogens is 1. The van der Waals surface area contributed by atoms with Crippen molar-refractivity contribution in [1.29, 1.82) is 0 Å². The summed E-state index contributed by atoms with van der Waals surface area (Å²) in [4.78, 5) is 0.333. The van der Waals surface area contributed by atoms with Crippen LogP contribution in [0.1, 0.15) is 32.1 Å². The fourth-order valence-corrected chi connectivity index (χ4v) is 4.51. The molecule has 0 radical (unpaired) electrons. The Labute approximate surface area is 129 Å². The lowest BCUT2D eigenvalue weighted by Gasteiger charge is -2.20. The number of sulfonamides is 1. The lowest BCUT2D eigenvalue weighted by atomic mass is 9.97. The van der Waals surface area contributed by atoms with Crippen LogP contribution in [0.25, 0.3) is 0 Å². The summed E-state index contributed by atoms with van der Waals surface area (Å²) in [7, 11) is -1.76. The van der Waals surface area contributed by atoms with Gasteiger partial charge in [-0.25, -0.2) is 12.7 Å². The highest BCUT2D eigenvalue weighted by atomic mass is 79.9. The van der Waals surface area contributed by atoms with Crippen LogP contribution in [-0.4, -0.2) is 26.3 Å². The monoisotopic (exact) mass is 357 g/mol. The molecule has 1 aromatic carbocycles.